The van der Waals surface area contributed by atoms with E-state index in [-0.39, 0.29) is 24.0 Å². The molecule has 0 aromatic heterocycles. The van der Waals surface area contributed by atoms with Gasteiger partial charge in [0.25, 0.3) is 5.91 Å². The van der Waals surface area contributed by atoms with E-state index in [1.807, 2.05) is 61.5 Å². The minimum Gasteiger partial charge on any atom is -0.345 e. The van der Waals surface area contributed by atoms with Gasteiger partial charge in [-0.2, -0.15) is 0 Å². The molecule has 1 unspecified atom stereocenters. The summed E-state index contributed by atoms with van der Waals surface area (Å²) in [6.07, 6.45) is -0.0639. The number of benzene rings is 3. The largest absolute Gasteiger partial charge is 0.345 e. The van der Waals surface area contributed by atoms with Crippen LogP contribution in [0.1, 0.15) is 33.9 Å². The van der Waals surface area contributed by atoms with Crippen molar-refractivity contribution in [3.63, 3.8) is 0 Å². The minimum absolute atomic E-state index is 0.0639. The van der Waals surface area contributed by atoms with Crippen LogP contribution in [0.5, 0.6) is 0 Å². The molecular weight excluding hydrogens is 458 g/mol. The SMILES string of the molecule is Cc1ccc(SCC(=O)NNC(=O)CC(NC(=O)c2ccccc2Cl)c2ccccc2)cc1. The van der Waals surface area contributed by atoms with Crippen LogP contribution in [0, 0.1) is 6.92 Å². The molecule has 0 saturated carbocycles. The molecule has 33 heavy (non-hydrogen) atoms. The van der Waals surface area contributed by atoms with E-state index in [4.69, 9.17) is 11.6 Å². The van der Waals surface area contributed by atoms with Crippen LogP contribution >= 0.6 is 23.4 Å². The van der Waals surface area contributed by atoms with Crippen molar-refractivity contribution in [3.05, 3.63) is 101 Å². The molecule has 1 atom stereocenters. The van der Waals surface area contributed by atoms with E-state index in [1.165, 1.54) is 11.8 Å². The summed E-state index contributed by atoms with van der Waals surface area (Å²) in [6, 6.07) is 23.1. The fraction of sp³-hybridized carbons (Fsp3) is 0.160. The molecule has 170 valence electrons. The number of hydrazine groups is 1. The van der Waals surface area contributed by atoms with Gasteiger partial charge in [-0.05, 0) is 36.8 Å². The molecule has 0 aliphatic carbocycles. The highest BCUT2D eigenvalue weighted by Crippen LogP contribution is 2.20. The summed E-state index contributed by atoms with van der Waals surface area (Å²) in [6.45, 7) is 2.00. The highest BCUT2D eigenvalue weighted by atomic mass is 35.5. The average molecular weight is 482 g/mol. The first kappa shape index (κ1) is 24.4. The first-order valence-electron chi connectivity index (χ1n) is 10.3. The summed E-state index contributed by atoms with van der Waals surface area (Å²) in [5.74, 6) is -0.989. The van der Waals surface area contributed by atoms with E-state index in [1.54, 1.807) is 24.3 Å². The molecule has 0 aliphatic heterocycles. The standard InChI is InChI=1S/C25H24ClN3O3S/c1-17-11-13-19(14-12-17)33-16-24(31)29-28-23(30)15-22(18-7-3-2-4-8-18)27-25(32)20-9-5-6-10-21(20)26/h2-14,22H,15-16H2,1H3,(H,27,32)(H,28,30)(H,29,31). The van der Waals surface area contributed by atoms with Crippen molar-refractivity contribution in [3.8, 4) is 0 Å². The number of carbonyl (C=O) groups excluding carboxylic acids is 3. The van der Waals surface area contributed by atoms with Crippen molar-refractivity contribution in [2.45, 2.75) is 24.3 Å². The van der Waals surface area contributed by atoms with Gasteiger partial charge in [0.1, 0.15) is 0 Å². The van der Waals surface area contributed by atoms with Gasteiger partial charge in [-0.15, -0.1) is 11.8 Å². The predicted molar refractivity (Wildman–Crippen MR) is 131 cm³/mol. The Hall–Kier alpha value is -3.29. The summed E-state index contributed by atoms with van der Waals surface area (Å²) in [4.78, 5) is 38.3. The van der Waals surface area contributed by atoms with Gasteiger partial charge in [0.15, 0.2) is 0 Å². The van der Waals surface area contributed by atoms with E-state index < -0.39 is 11.9 Å². The van der Waals surface area contributed by atoms with E-state index in [9.17, 15) is 14.4 Å². The second-order valence-corrected chi connectivity index (χ2v) is 8.77. The normalized spacial score (nSPS) is 11.3. The Balaban J connectivity index is 1.56. The van der Waals surface area contributed by atoms with Crippen LogP contribution in [-0.2, 0) is 9.59 Å². The van der Waals surface area contributed by atoms with Crippen molar-refractivity contribution in [2.24, 2.45) is 0 Å². The van der Waals surface area contributed by atoms with Gasteiger partial charge in [0, 0.05) is 4.90 Å². The maximum Gasteiger partial charge on any atom is 0.253 e. The van der Waals surface area contributed by atoms with Crippen LogP contribution in [0.2, 0.25) is 5.02 Å². The highest BCUT2D eigenvalue weighted by Gasteiger charge is 2.20. The molecule has 6 nitrogen and oxygen atoms in total. The lowest BCUT2D eigenvalue weighted by Crippen LogP contribution is -2.44. The predicted octanol–water partition coefficient (Wildman–Crippen LogP) is 4.45. The van der Waals surface area contributed by atoms with Crippen LogP contribution in [-0.4, -0.2) is 23.5 Å². The molecule has 0 spiro atoms. The van der Waals surface area contributed by atoms with Crippen LogP contribution < -0.4 is 16.2 Å². The fourth-order valence-electron chi connectivity index (χ4n) is 3.01. The van der Waals surface area contributed by atoms with Gasteiger partial charge in [-0.25, -0.2) is 0 Å². The third-order valence-corrected chi connectivity index (χ3v) is 6.09. The van der Waals surface area contributed by atoms with Gasteiger partial charge < -0.3 is 5.32 Å². The van der Waals surface area contributed by atoms with Crippen LogP contribution in [0.4, 0.5) is 0 Å². The van der Waals surface area contributed by atoms with Crippen molar-refractivity contribution < 1.29 is 14.4 Å². The zero-order chi connectivity index (χ0) is 23.6. The molecular formula is C25H24ClN3O3S. The number of hydrogen-bond acceptors (Lipinski definition) is 4. The smallest absolute Gasteiger partial charge is 0.253 e. The Labute approximate surface area is 202 Å². The number of nitrogens with one attached hydrogen (secondary N) is 3. The Bertz CT molecular complexity index is 1110. The number of aryl methyl sites for hydroxylation is 1. The maximum absolute atomic E-state index is 12.7. The van der Waals surface area contributed by atoms with Crippen LogP contribution in [0.3, 0.4) is 0 Å². The summed E-state index contributed by atoms with van der Waals surface area (Å²) in [7, 11) is 0. The summed E-state index contributed by atoms with van der Waals surface area (Å²) in [5.41, 5.74) is 7.07. The molecule has 3 rings (SSSR count). The summed E-state index contributed by atoms with van der Waals surface area (Å²) < 4.78 is 0. The van der Waals surface area contributed by atoms with Crippen molar-refractivity contribution >= 4 is 41.1 Å². The minimum atomic E-state index is -0.603. The number of halogens is 1. The van der Waals surface area contributed by atoms with Gasteiger partial charge in [0.05, 0.1) is 28.8 Å². The second kappa shape index (κ2) is 12.1. The maximum atomic E-state index is 12.7. The number of rotatable bonds is 8. The molecule has 3 N–H and O–H groups in total. The quantitative estimate of drug-likeness (QED) is 0.327. The lowest BCUT2D eigenvalue weighted by atomic mass is 10.0. The highest BCUT2D eigenvalue weighted by molar-refractivity contribution is 8.00. The number of amides is 3. The Kier molecular flexibility index (Phi) is 8.92. The lowest BCUT2D eigenvalue weighted by molar-refractivity contribution is -0.127. The molecule has 0 heterocycles. The molecule has 0 bridgehead atoms. The molecule has 0 radical (unpaired) electrons. The van der Waals surface area contributed by atoms with Crippen molar-refractivity contribution in [1.29, 1.82) is 0 Å². The Morgan fingerprint density at radius 2 is 1.48 bits per heavy atom. The van der Waals surface area contributed by atoms with Crippen LogP contribution in [0.15, 0.2) is 83.8 Å². The molecule has 0 aliphatic rings. The molecule has 3 aromatic carbocycles. The Morgan fingerprint density at radius 1 is 0.848 bits per heavy atom. The second-order valence-electron chi connectivity index (χ2n) is 7.32. The molecule has 0 fully saturated rings. The third-order valence-electron chi connectivity index (χ3n) is 4.75. The third kappa shape index (κ3) is 7.66. The molecule has 0 saturated heterocycles. The van der Waals surface area contributed by atoms with Crippen molar-refractivity contribution in [1.82, 2.24) is 16.2 Å². The zero-order valence-corrected chi connectivity index (χ0v) is 19.6. The molecule has 8 heteroatoms. The fourth-order valence-corrected chi connectivity index (χ4v) is 3.93. The first-order valence-corrected chi connectivity index (χ1v) is 11.7. The van der Waals surface area contributed by atoms with E-state index in [2.05, 4.69) is 16.2 Å². The summed E-state index contributed by atoms with van der Waals surface area (Å²) >= 11 is 7.51. The zero-order valence-electron chi connectivity index (χ0n) is 18.0. The van der Waals surface area contributed by atoms with Gasteiger partial charge in [-0.3, -0.25) is 25.2 Å². The van der Waals surface area contributed by atoms with Crippen LogP contribution in [0.25, 0.3) is 0 Å². The number of thioether (sulfide) groups is 1. The van der Waals surface area contributed by atoms with E-state index >= 15 is 0 Å². The lowest BCUT2D eigenvalue weighted by Gasteiger charge is -2.19. The molecule has 3 amide bonds. The van der Waals surface area contributed by atoms with E-state index in [0.717, 1.165) is 16.0 Å². The van der Waals surface area contributed by atoms with Gasteiger partial charge >= 0.3 is 0 Å². The first-order chi connectivity index (χ1) is 15.9. The van der Waals surface area contributed by atoms with Gasteiger partial charge in [-0.1, -0.05) is 71.8 Å². The number of hydrogen-bond donors (Lipinski definition) is 3. The number of carbonyl (C=O) groups is 3. The van der Waals surface area contributed by atoms with E-state index in [0.29, 0.717) is 10.6 Å². The monoisotopic (exact) mass is 481 g/mol. The van der Waals surface area contributed by atoms with Gasteiger partial charge in [0.2, 0.25) is 11.8 Å². The average Bonchev–Trinajstić information content (AvgIpc) is 2.82. The summed E-state index contributed by atoms with van der Waals surface area (Å²) in [5, 5.41) is 3.18. The Morgan fingerprint density at radius 3 is 2.18 bits per heavy atom. The molecule has 3 aromatic rings. The van der Waals surface area contributed by atoms with Crippen molar-refractivity contribution in [2.75, 3.05) is 5.75 Å². The topological polar surface area (TPSA) is 87.3 Å².